The van der Waals surface area contributed by atoms with Crippen molar-refractivity contribution in [2.45, 2.75) is 119 Å². The third kappa shape index (κ3) is 21.7. The molecule has 460 valence electrons. The number of nitrogens with zero attached hydrogens (tertiary/aromatic N) is 6. The van der Waals surface area contributed by atoms with Crippen LogP contribution in [0.4, 0.5) is 4.79 Å². The standard InChI is InChI=1S/C48H80N10O23/c1-32(59)50-38-40(62)42(64)47(30-78-44(38)80-47)28-74-20-18-72-16-14-70-12-10-68-8-6-57-22-34(53-55-57)24-76-26-36(52-37(61)4-3-5-49-46(66)67)27-77-25-35-23-58(56-54-35)7-9-69-11-13-71-15-17-73-19-21-75-29-48-31-79-45(81-48)39(51-33(2)60)41(63)43(48)65/h22-23,36,38-45,49,62-65H,3-21,24-31H2,1-2H3,(H,50,59)(H,51,60)(H,52,61)(H,66,67)/t38-,39-,40-,41-,42-,43-,44+,45+,47+,48+/m1/s1. The average molecular weight is 1170 g/mol. The number of fused-ring (bicyclic) bond motifs is 4. The van der Waals surface area contributed by atoms with Crippen LogP contribution in [0.2, 0.25) is 0 Å². The largest absolute Gasteiger partial charge is 0.465 e. The van der Waals surface area contributed by atoms with Gasteiger partial charge in [-0.05, 0) is 6.42 Å². The van der Waals surface area contributed by atoms with E-state index in [9.17, 15) is 39.6 Å². The highest BCUT2D eigenvalue weighted by molar-refractivity contribution is 5.76. The Kier molecular flexibility index (Phi) is 28.1. The summed E-state index contributed by atoms with van der Waals surface area (Å²) in [5.41, 5.74) is -1.37. The van der Waals surface area contributed by atoms with Crippen molar-refractivity contribution in [3.8, 4) is 0 Å². The number of nitrogens with one attached hydrogen (secondary N) is 4. The molecule has 4 bridgehead atoms. The van der Waals surface area contributed by atoms with E-state index in [1.54, 1.807) is 21.8 Å². The van der Waals surface area contributed by atoms with E-state index < -0.39 is 72.4 Å². The van der Waals surface area contributed by atoms with Gasteiger partial charge < -0.3 is 113 Å². The zero-order valence-corrected chi connectivity index (χ0v) is 45.7. The summed E-state index contributed by atoms with van der Waals surface area (Å²) in [5, 5.41) is 77.9. The lowest BCUT2D eigenvalue weighted by Crippen LogP contribution is -2.66. The fraction of sp³-hybridized carbons (Fsp3) is 0.833. The van der Waals surface area contributed by atoms with Gasteiger partial charge in [-0.1, -0.05) is 10.4 Å². The Balaban J connectivity index is 0.750. The fourth-order valence-corrected chi connectivity index (χ4v) is 8.79. The number of hydrogen-bond acceptors (Lipinski definition) is 26. The molecule has 9 N–H and O–H groups in total. The summed E-state index contributed by atoms with van der Waals surface area (Å²) >= 11 is 0. The smallest absolute Gasteiger partial charge is 0.404 e. The lowest BCUT2D eigenvalue weighted by Gasteiger charge is -2.42. The van der Waals surface area contributed by atoms with Crippen LogP contribution < -0.4 is 21.3 Å². The van der Waals surface area contributed by atoms with Gasteiger partial charge in [-0.3, -0.25) is 14.4 Å². The van der Waals surface area contributed by atoms with Crippen LogP contribution in [0.25, 0.3) is 0 Å². The van der Waals surface area contributed by atoms with Crippen LogP contribution in [0.15, 0.2) is 12.4 Å². The number of carbonyl (C=O) groups excluding carboxylic acids is 3. The Hall–Kier alpha value is -4.76. The monoisotopic (exact) mass is 1160 g/mol. The second kappa shape index (κ2) is 34.8. The van der Waals surface area contributed by atoms with Crippen molar-refractivity contribution in [1.82, 2.24) is 51.3 Å². The molecule has 4 aliphatic rings. The summed E-state index contributed by atoms with van der Waals surface area (Å²) < 4.78 is 82.5. The Morgan fingerprint density at radius 1 is 0.605 bits per heavy atom. The molecule has 0 aromatic carbocycles. The Morgan fingerprint density at radius 2 is 1.00 bits per heavy atom. The van der Waals surface area contributed by atoms with Crippen LogP contribution in [-0.4, -0.2) is 284 Å². The van der Waals surface area contributed by atoms with Crippen molar-refractivity contribution >= 4 is 23.8 Å². The Labute approximate surface area is 467 Å². The van der Waals surface area contributed by atoms with Crippen LogP contribution >= 0.6 is 0 Å². The number of carboxylic acid groups (broad SMARTS) is 1. The van der Waals surface area contributed by atoms with E-state index in [1.165, 1.54) is 13.8 Å². The predicted molar refractivity (Wildman–Crippen MR) is 269 cm³/mol. The zero-order chi connectivity index (χ0) is 57.9. The molecule has 33 nitrogen and oxygen atoms in total. The second-order valence-electron chi connectivity index (χ2n) is 19.4. The van der Waals surface area contributed by atoms with E-state index in [1.807, 2.05) is 0 Å². The highest BCUT2D eigenvalue weighted by Gasteiger charge is 2.61. The zero-order valence-electron chi connectivity index (χ0n) is 45.7. The number of ether oxygens (including phenoxy) is 14. The van der Waals surface area contributed by atoms with E-state index >= 15 is 0 Å². The predicted octanol–water partition coefficient (Wildman–Crippen LogP) is -5.03. The summed E-state index contributed by atoms with van der Waals surface area (Å²) in [6.07, 6.45) is -4.31. The average Bonchev–Trinajstić information content (AvgIpc) is 3.41. The molecule has 4 fully saturated rings. The van der Waals surface area contributed by atoms with E-state index in [2.05, 4.69) is 41.9 Å². The maximum absolute atomic E-state index is 12.7. The SMILES string of the molecule is CC(=O)N[C@H]1[C@H]2OC[C@](COCCOCCOCCOCCn3cc(COCC(COCc4cn(CCOCCOCCOCCOC[C@@]56CO[C@@H](O5)[C@H](NC(C)=O)[C@@H](O)[C@H]6O)nn4)NC(=O)CCCNC(=O)O)nn3)(O2)[C@H](O)[C@@H]1O. The van der Waals surface area contributed by atoms with E-state index in [4.69, 9.17) is 71.4 Å². The quantitative estimate of drug-likeness (QED) is 0.0281. The number of aliphatic hydroxyl groups is 4. The lowest BCUT2D eigenvalue weighted by atomic mass is 9.88. The number of carbonyl (C=O) groups is 4. The molecular formula is C48H80N10O23. The summed E-state index contributed by atoms with van der Waals surface area (Å²) in [6, 6.07) is -2.33. The summed E-state index contributed by atoms with van der Waals surface area (Å²) in [7, 11) is 0. The molecule has 0 saturated carbocycles. The molecule has 6 heterocycles. The first-order chi connectivity index (χ1) is 39.2. The van der Waals surface area contributed by atoms with Gasteiger partial charge in [0.05, 0.1) is 177 Å². The number of aliphatic hydroxyl groups excluding tert-OH is 4. The molecule has 4 aliphatic heterocycles. The van der Waals surface area contributed by atoms with Gasteiger partial charge in [0.15, 0.2) is 12.6 Å². The molecule has 6 rings (SSSR count). The lowest BCUT2D eigenvalue weighted by molar-refractivity contribution is -0.238. The first-order valence-corrected chi connectivity index (χ1v) is 26.8. The normalized spacial score (nSPS) is 26.1. The first kappa shape index (κ1) is 65.4. The molecule has 2 aromatic rings. The molecule has 0 aliphatic carbocycles. The van der Waals surface area contributed by atoms with Crippen molar-refractivity contribution in [3.05, 3.63) is 23.8 Å². The van der Waals surface area contributed by atoms with Crippen LogP contribution in [0.1, 0.15) is 38.1 Å². The summed E-state index contributed by atoms with van der Waals surface area (Å²) in [4.78, 5) is 46.4. The molecule has 4 saturated heterocycles. The van der Waals surface area contributed by atoms with Gasteiger partial charge in [-0.15, -0.1) is 10.2 Å². The molecule has 2 aromatic heterocycles. The minimum absolute atomic E-state index is 0.00507. The first-order valence-electron chi connectivity index (χ1n) is 26.8. The third-order valence-electron chi connectivity index (χ3n) is 12.9. The van der Waals surface area contributed by atoms with Gasteiger partial charge in [-0.25, -0.2) is 14.2 Å². The van der Waals surface area contributed by atoms with Gasteiger partial charge in [0.25, 0.3) is 0 Å². The second-order valence-corrected chi connectivity index (χ2v) is 19.4. The maximum atomic E-state index is 12.7. The van der Waals surface area contributed by atoms with Gasteiger partial charge in [0, 0.05) is 26.8 Å². The van der Waals surface area contributed by atoms with Crippen molar-refractivity contribution in [2.75, 3.05) is 139 Å². The number of aromatic nitrogens is 6. The molecule has 81 heavy (non-hydrogen) atoms. The topological polar surface area (TPSA) is 408 Å². The number of hydrogen-bond donors (Lipinski definition) is 9. The molecule has 0 spiro atoms. The van der Waals surface area contributed by atoms with Crippen molar-refractivity contribution in [2.24, 2.45) is 0 Å². The van der Waals surface area contributed by atoms with Crippen molar-refractivity contribution in [1.29, 1.82) is 0 Å². The van der Waals surface area contributed by atoms with Crippen LogP contribution in [0.3, 0.4) is 0 Å². The molecule has 0 radical (unpaired) electrons. The number of amides is 4. The maximum Gasteiger partial charge on any atom is 0.404 e. The summed E-state index contributed by atoms with van der Waals surface area (Å²) in [5.74, 6) is -1.06. The van der Waals surface area contributed by atoms with Crippen LogP contribution in [-0.2, 0) is 107 Å². The van der Waals surface area contributed by atoms with Crippen molar-refractivity contribution in [3.63, 3.8) is 0 Å². The van der Waals surface area contributed by atoms with Crippen LogP contribution in [0, 0.1) is 0 Å². The molecule has 0 unspecified atom stereocenters. The van der Waals surface area contributed by atoms with E-state index in [-0.39, 0.29) is 110 Å². The third-order valence-corrected chi connectivity index (χ3v) is 12.9. The van der Waals surface area contributed by atoms with Crippen LogP contribution in [0.5, 0.6) is 0 Å². The number of rotatable bonds is 43. The highest BCUT2D eigenvalue weighted by Crippen LogP contribution is 2.38. The molecular weight excluding hydrogens is 1080 g/mol. The van der Waals surface area contributed by atoms with Gasteiger partial charge in [0.2, 0.25) is 17.7 Å². The molecule has 10 atom stereocenters. The highest BCUT2D eigenvalue weighted by atomic mass is 16.8. The van der Waals surface area contributed by atoms with Gasteiger partial charge >= 0.3 is 6.09 Å². The summed E-state index contributed by atoms with van der Waals surface area (Å²) in [6.45, 7) is 8.22. The fourth-order valence-electron chi connectivity index (χ4n) is 8.79. The van der Waals surface area contributed by atoms with Gasteiger partial charge in [-0.2, -0.15) is 0 Å². The Bertz CT molecular complexity index is 2040. The molecule has 4 amide bonds. The van der Waals surface area contributed by atoms with E-state index in [0.717, 1.165) is 0 Å². The minimum Gasteiger partial charge on any atom is -0.465 e. The Morgan fingerprint density at radius 3 is 1.40 bits per heavy atom. The molecule has 33 heteroatoms. The van der Waals surface area contributed by atoms with Crippen molar-refractivity contribution < 1.29 is 111 Å². The van der Waals surface area contributed by atoms with Gasteiger partial charge in [0.1, 0.15) is 59.1 Å². The van der Waals surface area contributed by atoms with E-state index in [0.29, 0.717) is 97.0 Å². The minimum atomic E-state index is -1.32.